The summed E-state index contributed by atoms with van der Waals surface area (Å²) in [7, 11) is 0. The summed E-state index contributed by atoms with van der Waals surface area (Å²) in [4.78, 5) is 12.6. The van der Waals surface area contributed by atoms with E-state index in [1.54, 1.807) is 0 Å². The van der Waals surface area contributed by atoms with Crippen molar-refractivity contribution in [2.75, 3.05) is 13.2 Å². The van der Waals surface area contributed by atoms with E-state index in [0.29, 0.717) is 30.3 Å². The Balaban J connectivity index is 2.32. The molecule has 0 aromatic heterocycles. The topological polar surface area (TPSA) is 35.5 Å². The van der Waals surface area contributed by atoms with Crippen LogP contribution in [-0.2, 0) is 0 Å². The van der Waals surface area contributed by atoms with Gasteiger partial charge < -0.3 is 9.47 Å². The van der Waals surface area contributed by atoms with Crippen LogP contribution in [0.15, 0.2) is 16.6 Å². The predicted molar refractivity (Wildman–Crippen MR) is 82.8 cm³/mol. The SMILES string of the molecule is CCOc1cc(Br)c(C(=O)C2CCCC2)cc1OCC. The molecule has 1 aromatic carbocycles. The normalized spacial score (nSPS) is 15.3. The molecule has 1 saturated carbocycles. The van der Waals surface area contributed by atoms with Crippen molar-refractivity contribution in [3.05, 3.63) is 22.2 Å². The average Bonchev–Trinajstić information content (AvgIpc) is 2.95. The zero-order valence-corrected chi connectivity index (χ0v) is 13.7. The number of ether oxygens (including phenoxy) is 2. The fourth-order valence-corrected chi connectivity index (χ4v) is 3.19. The summed E-state index contributed by atoms with van der Waals surface area (Å²) in [6, 6.07) is 3.66. The number of carbonyl (C=O) groups is 1. The second-order valence-corrected chi connectivity index (χ2v) is 5.84. The Morgan fingerprint density at radius 3 is 2.25 bits per heavy atom. The minimum Gasteiger partial charge on any atom is -0.490 e. The maximum Gasteiger partial charge on any atom is 0.167 e. The van der Waals surface area contributed by atoms with Gasteiger partial charge in [-0.25, -0.2) is 0 Å². The molecule has 0 heterocycles. The lowest BCUT2D eigenvalue weighted by molar-refractivity contribution is 0.0921. The van der Waals surface area contributed by atoms with Crippen molar-refractivity contribution in [3.8, 4) is 11.5 Å². The number of hydrogen-bond acceptors (Lipinski definition) is 3. The molecule has 0 spiro atoms. The first-order valence-corrected chi connectivity index (χ1v) is 8.10. The van der Waals surface area contributed by atoms with E-state index in [0.717, 1.165) is 30.2 Å². The van der Waals surface area contributed by atoms with Gasteiger partial charge in [-0.1, -0.05) is 12.8 Å². The van der Waals surface area contributed by atoms with Crippen LogP contribution < -0.4 is 9.47 Å². The fourth-order valence-electron chi connectivity index (χ4n) is 2.67. The monoisotopic (exact) mass is 340 g/mol. The zero-order valence-electron chi connectivity index (χ0n) is 12.1. The van der Waals surface area contributed by atoms with Gasteiger partial charge in [0.15, 0.2) is 17.3 Å². The number of rotatable bonds is 6. The van der Waals surface area contributed by atoms with Crippen LogP contribution in [0.25, 0.3) is 0 Å². The van der Waals surface area contributed by atoms with E-state index in [2.05, 4.69) is 15.9 Å². The highest BCUT2D eigenvalue weighted by Gasteiger charge is 2.26. The van der Waals surface area contributed by atoms with Crippen molar-refractivity contribution in [2.24, 2.45) is 5.92 Å². The highest BCUT2D eigenvalue weighted by atomic mass is 79.9. The van der Waals surface area contributed by atoms with Crippen LogP contribution in [0, 0.1) is 5.92 Å². The third kappa shape index (κ3) is 3.35. The van der Waals surface area contributed by atoms with E-state index in [1.165, 1.54) is 0 Å². The Hall–Kier alpha value is -1.03. The van der Waals surface area contributed by atoms with Gasteiger partial charge in [0.2, 0.25) is 0 Å². The molecule has 3 nitrogen and oxygen atoms in total. The molecule has 0 unspecified atom stereocenters. The molecular weight excluding hydrogens is 320 g/mol. The van der Waals surface area contributed by atoms with Gasteiger partial charge in [0.05, 0.1) is 13.2 Å². The van der Waals surface area contributed by atoms with Gasteiger partial charge >= 0.3 is 0 Å². The minimum absolute atomic E-state index is 0.165. The molecular formula is C16H21BrO3. The van der Waals surface area contributed by atoms with Gasteiger partial charge in [-0.3, -0.25) is 4.79 Å². The second-order valence-electron chi connectivity index (χ2n) is 4.99. The van der Waals surface area contributed by atoms with Crippen molar-refractivity contribution < 1.29 is 14.3 Å². The molecule has 20 heavy (non-hydrogen) atoms. The van der Waals surface area contributed by atoms with Crippen LogP contribution in [0.4, 0.5) is 0 Å². The summed E-state index contributed by atoms with van der Waals surface area (Å²) < 4.78 is 12.0. The minimum atomic E-state index is 0.165. The smallest absolute Gasteiger partial charge is 0.167 e. The Morgan fingerprint density at radius 2 is 1.70 bits per heavy atom. The summed E-state index contributed by atoms with van der Waals surface area (Å²) in [5.74, 6) is 1.72. The van der Waals surface area contributed by atoms with E-state index < -0.39 is 0 Å². The molecule has 1 aliphatic carbocycles. The van der Waals surface area contributed by atoms with Crippen molar-refractivity contribution in [3.63, 3.8) is 0 Å². The van der Waals surface area contributed by atoms with Crippen LogP contribution in [0.1, 0.15) is 49.9 Å². The van der Waals surface area contributed by atoms with Crippen molar-refractivity contribution >= 4 is 21.7 Å². The van der Waals surface area contributed by atoms with Crippen LogP contribution in [-0.4, -0.2) is 19.0 Å². The summed E-state index contributed by atoms with van der Waals surface area (Å²) >= 11 is 3.49. The van der Waals surface area contributed by atoms with Crippen molar-refractivity contribution in [2.45, 2.75) is 39.5 Å². The Morgan fingerprint density at radius 1 is 1.15 bits per heavy atom. The summed E-state index contributed by atoms with van der Waals surface area (Å²) in [6.07, 6.45) is 4.32. The largest absolute Gasteiger partial charge is 0.490 e. The van der Waals surface area contributed by atoms with E-state index in [9.17, 15) is 4.79 Å². The summed E-state index contributed by atoms with van der Waals surface area (Å²) in [5.41, 5.74) is 0.712. The van der Waals surface area contributed by atoms with Crippen LogP contribution >= 0.6 is 15.9 Å². The van der Waals surface area contributed by atoms with Crippen LogP contribution in [0.2, 0.25) is 0 Å². The van der Waals surface area contributed by atoms with Gasteiger partial charge in [0.25, 0.3) is 0 Å². The number of benzene rings is 1. The summed E-state index contributed by atoms with van der Waals surface area (Å²) in [6.45, 7) is 4.98. The molecule has 110 valence electrons. The van der Waals surface area contributed by atoms with E-state index >= 15 is 0 Å². The summed E-state index contributed by atoms with van der Waals surface area (Å²) in [5, 5.41) is 0. The van der Waals surface area contributed by atoms with Gasteiger partial charge in [-0.05, 0) is 54.8 Å². The molecule has 0 N–H and O–H groups in total. The molecule has 0 bridgehead atoms. The first kappa shape index (κ1) is 15.4. The number of halogens is 1. The van der Waals surface area contributed by atoms with E-state index in [1.807, 2.05) is 26.0 Å². The molecule has 2 rings (SSSR count). The lowest BCUT2D eigenvalue weighted by Gasteiger charge is -2.15. The lowest BCUT2D eigenvalue weighted by atomic mass is 9.96. The number of hydrogen-bond donors (Lipinski definition) is 0. The van der Waals surface area contributed by atoms with Crippen LogP contribution in [0.5, 0.6) is 11.5 Å². The average molecular weight is 341 g/mol. The molecule has 4 heteroatoms. The van der Waals surface area contributed by atoms with Crippen molar-refractivity contribution in [1.82, 2.24) is 0 Å². The highest BCUT2D eigenvalue weighted by Crippen LogP contribution is 2.37. The molecule has 1 aromatic rings. The van der Waals surface area contributed by atoms with E-state index in [4.69, 9.17) is 9.47 Å². The maximum absolute atomic E-state index is 12.6. The molecule has 1 fully saturated rings. The molecule has 1 aliphatic rings. The number of Topliss-reactive ketones (excluding diaryl/α,β-unsaturated/α-hetero) is 1. The molecule has 0 atom stereocenters. The zero-order chi connectivity index (χ0) is 14.5. The Bertz CT molecular complexity index is 479. The lowest BCUT2D eigenvalue weighted by Crippen LogP contribution is -2.12. The molecule has 0 radical (unpaired) electrons. The molecule has 0 aliphatic heterocycles. The highest BCUT2D eigenvalue weighted by molar-refractivity contribution is 9.10. The molecule has 0 amide bonds. The van der Waals surface area contributed by atoms with Crippen LogP contribution in [0.3, 0.4) is 0 Å². The predicted octanol–water partition coefficient (Wildman–Crippen LogP) is 4.62. The standard InChI is InChI=1S/C16H21BrO3/c1-3-19-14-9-12(13(17)10-15(14)20-4-2)16(18)11-7-5-6-8-11/h9-11H,3-8H2,1-2H3. The third-order valence-electron chi connectivity index (χ3n) is 3.62. The Labute approximate surface area is 128 Å². The third-order valence-corrected chi connectivity index (χ3v) is 4.28. The number of carbonyl (C=O) groups excluding carboxylic acids is 1. The Kier molecular flexibility index (Phi) is 5.46. The first-order chi connectivity index (χ1) is 9.67. The fraction of sp³-hybridized carbons (Fsp3) is 0.562. The maximum atomic E-state index is 12.6. The number of ketones is 1. The van der Waals surface area contributed by atoms with Gasteiger partial charge in [-0.15, -0.1) is 0 Å². The quantitative estimate of drug-likeness (QED) is 0.709. The second kappa shape index (κ2) is 7.11. The van der Waals surface area contributed by atoms with Gasteiger partial charge in [0, 0.05) is 16.0 Å². The van der Waals surface area contributed by atoms with Gasteiger partial charge in [0.1, 0.15) is 0 Å². The van der Waals surface area contributed by atoms with Crippen molar-refractivity contribution in [1.29, 1.82) is 0 Å². The van der Waals surface area contributed by atoms with E-state index in [-0.39, 0.29) is 11.7 Å². The first-order valence-electron chi connectivity index (χ1n) is 7.30. The molecule has 0 saturated heterocycles. The van der Waals surface area contributed by atoms with Gasteiger partial charge in [-0.2, -0.15) is 0 Å².